The van der Waals surface area contributed by atoms with Crippen LogP contribution < -0.4 is 10.2 Å². The molecular formula is C17H22N4. The molecule has 110 valence electrons. The summed E-state index contributed by atoms with van der Waals surface area (Å²) in [5.41, 5.74) is 3.58. The van der Waals surface area contributed by atoms with Crippen molar-refractivity contribution in [2.75, 3.05) is 23.3 Å². The Hall–Kier alpha value is -2.10. The molecule has 2 aromatic rings. The largest absolute Gasteiger partial charge is 0.356 e. The molecule has 3 rings (SSSR count). The first kappa shape index (κ1) is 13.9. The lowest BCUT2D eigenvalue weighted by molar-refractivity contribution is 0.911. The summed E-state index contributed by atoms with van der Waals surface area (Å²) in [6.45, 7) is 8.36. The first-order chi connectivity index (χ1) is 10.1. The van der Waals surface area contributed by atoms with Crippen molar-refractivity contribution < 1.29 is 0 Å². The van der Waals surface area contributed by atoms with Crippen LogP contribution in [0.3, 0.4) is 0 Å². The van der Waals surface area contributed by atoms with E-state index < -0.39 is 0 Å². The molecule has 1 aliphatic rings. The maximum atomic E-state index is 4.57. The van der Waals surface area contributed by atoms with Gasteiger partial charge in [-0.05, 0) is 50.8 Å². The maximum absolute atomic E-state index is 4.57. The molecule has 4 heteroatoms. The van der Waals surface area contributed by atoms with E-state index >= 15 is 0 Å². The summed E-state index contributed by atoms with van der Waals surface area (Å²) in [6, 6.07) is 8.47. The normalized spacial score (nSPS) is 14.5. The Morgan fingerprint density at radius 1 is 1.00 bits per heavy atom. The van der Waals surface area contributed by atoms with Crippen molar-refractivity contribution in [1.82, 2.24) is 9.97 Å². The molecule has 1 aromatic carbocycles. The van der Waals surface area contributed by atoms with Gasteiger partial charge in [0, 0.05) is 24.8 Å². The lowest BCUT2D eigenvalue weighted by Gasteiger charge is -2.18. The Labute approximate surface area is 126 Å². The predicted molar refractivity (Wildman–Crippen MR) is 87.4 cm³/mol. The quantitative estimate of drug-likeness (QED) is 0.931. The zero-order valence-corrected chi connectivity index (χ0v) is 13.0. The third-order valence-corrected chi connectivity index (χ3v) is 3.91. The maximum Gasteiger partial charge on any atom is 0.136 e. The zero-order chi connectivity index (χ0) is 14.8. The molecule has 1 saturated heterocycles. The summed E-state index contributed by atoms with van der Waals surface area (Å²) in [5, 5.41) is 3.44. The average molecular weight is 282 g/mol. The average Bonchev–Trinajstić information content (AvgIpc) is 2.96. The third kappa shape index (κ3) is 3.15. The number of aromatic nitrogens is 2. The number of benzene rings is 1. The molecule has 0 radical (unpaired) electrons. The van der Waals surface area contributed by atoms with Gasteiger partial charge in [-0.15, -0.1) is 0 Å². The highest BCUT2D eigenvalue weighted by Crippen LogP contribution is 2.24. The monoisotopic (exact) mass is 282 g/mol. The molecule has 0 unspecified atom stereocenters. The van der Waals surface area contributed by atoms with E-state index in [4.69, 9.17) is 0 Å². The Morgan fingerprint density at radius 3 is 2.52 bits per heavy atom. The van der Waals surface area contributed by atoms with Crippen LogP contribution in [-0.4, -0.2) is 23.1 Å². The van der Waals surface area contributed by atoms with Gasteiger partial charge in [-0.3, -0.25) is 0 Å². The smallest absolute Gasteiger partial charge is 0.136 e. The van der Waals surface area contributed by atoms with Gasteiger partial charge in [-0.1, -0.05) is 12.1 Å². The minimum absolute atomic E-state index is 0.812. The van der Waals surface area contributed by atoms with Gasteiger partial charge in [0.15, 0.2) is 0 Å². The van der Waals surface area contributed by atoms with E-state index in [1.165, 1.54) is 24.0 Å². The van der Waals surface area contributed by atoms with E-state index in [1.807, 2.05) is 6.92 Å². The summed E-state index contributed by atoms with van der Waals surface area (Å²) in [4.78, 5) is 11.4. The van der Waals surface area contributed by atoms with Crippen molar-refractivity contribution in [2.45, 2.75) is 33.6 Å². The molecule has 1 N–H and O–H groups in total. The van der Waals surface area contributed by atoms with Gasteiger partial charge < -0.3 is 10.2 Å². The van der Waals surface area contributed by atoms with Crippen molar-refractivity contribution in [2.24, 2.45) is 0 Å². The van der Waals surface area contributed by atoms with Crippen LogP contribution in [0, 0.1) is 20.8 Å². The van der Waals surface area contributed by atoms with E-state index in [0.717, 1.165) is 36.2 Å². The van der Waals surface area contributed by atoms with Gasteiger partial charge in [-0.2, -0.15) is 0 Å². The number of hydrogen-bond donors (Lipinski definition) is 1. The highest BCUT2D eigenvalue weighted by atomic mass is 15.2. The highest BCUT2D eigenvalue weighted by Gasteiger charge is 2.15. The molecule has 0 spiro atoms. The number of hydrogen-bond acceptors (Lipinski definition) is 4. The van der Waals surface area contributed by atoms with Crippen molar-refractivity contribution in [3.05, 3.63) is 41.2 Å². The topological polar surface area (TPSA) is 41.0 Å². The number of rotatable bonds is 3. The Bertz CT molecular complexity index is 645. The fourth-order valence-corrected chi connectivity index (χ4v) is 2.73. The van der Waals surface area contributed by atoms with Crippen LogP contribution in [0.1, 0.15) is 29.8 Å². The van der Waals surface area contributed by atoms with Crippen LogP contribution >= 0.6 is 0 Å². The molecule has 0 bridgehead atoms. The molecule has 1 fully saturated rings. The minimum atomic E-state index is 0.812. The summed E-state index contributed by atoms with van der Waals surface area (Å²) < 4.78 is 0. The van der Waals surface area contributed by atoms with Crippen LogP contribution in [0.25, 0.3) is 0 Å². The van der Waals surface area contributed by atoms with E-state index in [9.17, 15) is 0 Å². The number of nitrogens with one attached hydrogen (secondary N) is 1. The predicted octanol–water partition coefficient (Wildman–Crippen LogP) is 3.75. The fourth-order valence-electron chi connectivity index (χ4n) is 2.73. The zero-order valence-electron chi connectivity index (χ0n) is 13.0. The molecule has 0 amide bonds. The summed E-state index contributed by atoms with van der Waals surface area (Å²) in [5.74, 6) is 2.72. The number of anilines is 3. The van der Waals surface area contributed by atoms with Crippen molar-refractivity contribution in [1.29, 1.82) is 0 Å². The molecule has 0 aliphatic carbocycles. The molecule has 21 heavy (non-hydrogen) atoms. The second-order valence-corrected chi connectivity index (χ2v) is 5.80. The van der Waals surface area contributed by atoms with Gasteiger partial charge >= 0.3 is 0 Å². The van der Waals surface area contributed by atoms with E-state index in [2.05, 4.69) is 58.3 Å². The Morgan fingerprint density at radius 2 is 1.76 bits per heavy atom. The standard InChI is InChI=1S/C17H22N4/c1-12-6-7-13(2)15(10-12)20-16-11-17(19-14(3)18-16)21-8-4-5-9-21/h6-7,10-11H,4-5,8-9H2,1-3H3,(H,18,19,20). The molecular weight excluding hydrogens is 260 g/mol. The third-order valence-electron chi connectivity index (χ3n) is 3.91. The molecule has 4 nitrogen and oxygen atoms in total. The summed E-state index contributed by atoms with van der Waals surface area (Å²) >= 11 is 0. The lowest BCUT2D eigenvalue weighted by Crippen LogP contribution is -2.19. The fraction of sp³-hybridized carbons (Fsp3) is 0.412. The van der Waals surface area contributed by atoms with Crippen LogP contribution in [0.5, 0.6) is 0 Å². The first-order valence-corrected chi connectivity index (χ1v) is 7.57. The van der Waals surface area contributed by atoms with Gasteiger partial charge in [0.1, 0.15) is 17.5 Å². The van der Waals surface area contributed by atoms with Crippen LogP contribution in [0.2, 0.25) is 0 Å². The molecule has 0 saturated carbocycles. The molecule has 2 heterocycles. The van der Waals surface area contributed by atoms with Crippen molar-refractivity contribution in [3.8, 4) is 0 Å². The van der Waals surface area contributed by atoms with Gasteiger partial charge in [0.2, 0.25) is 0 Å². The van der Waals surface area contributed by atoms with Crippen LogP contribution in [0.15, 0.2) is 24.3 Å². The first-order valence-electron chi connectivity index (χ1n) is 7.57. The SMILES string of the molecule is Cc1ccc(C)c(Nc2cc(N3CCCC3)nc(C)n2)c1. The summed E-state index contributed by atoms with van der Waals surface area (Å²) in [6.07, 6.45) is 2.51. The van der Waals surface area contributed by atoms with Gasteiger partial charge in [-0.25, -0.2) is 9.97 Å². The molecule has 1 aromatic heterocycles. The van der Waals surface area contributed by atoms with Crippen molar-refractivity contribution in [3.63, 3.8) is 0 Å². The van der Waals surface area contributed by atoms with E-state index in [-0.39, 0.29) is 0 Å². The second-order valence-electron chi connectivity index (χ2n) is 5.80. The lowest BCUT2D eigenvalue weighted by atomic mass is 10.1. The van der Waals surface area contributed by atoms with Gasteiger partial charge in [0.05, 0.1) is 0 Å². The molecule has 0 atom stereocenters. The Kier molecular flexibility index (Phi) is 3.78. The van der Waals surface area contributed by atoms with Crippen LogP contribution in [-0.2, 0) is 0 Å². The van der Waals surface area contributed by atoms with E-state index in [1.54, 1.807) is 0 Å². The van der Waals surface area contributed by atoms with Crippen LogP contribution in [0.4, 0.5) is 17.3 Å². The van der Waals surface area contributed by atoms with Gasteiger partial charge in [0.25, 0.3) is 0 Å². The number of nitrogens with zero attached hydrogens (tertiary/aromatic N) is 3. The Balaban J connectivity index is 1.89. The number of aryl methyl sites for hydroxylation is 3. The summed E-state index contributed by atoms with van der Waals surface area (Å²) in [7, 11) is 0. The van der Waals surface area contributed by atoms with Crippen molar-refractivity contribution >= 4 is 17.3 Å². The highest BCUT2D eigenvalue weighted by molar-refractivity contribution is 5.63. The molecule has 1 aliphatic heterocycles. The van der Waals surface area contributed by atoms with E-state index in [0.29, 0.717) is 0 Å². The second kappa shape index (κ2) is 5.72. The minimum Gasteiger partial charge on any atom is -0.356 e.